The molecule has 2 amide bonds. The first-order valence-electron chi connectivity index (χ1n) is 11.7. The Morgan fingerprint density at radius 3 is 2.41 bits per heavy atom. The number of likely N-dealkylation sites (tertiary alicyclic amines) is 1. The summed E-state index contributed by atoms with van der Waals surface area (Å²) < 4.78 is 5.63. The molecule has 2 aliphatic rings. The average molecular weight is 437 g/mol. The molecule has 0 atom stereocenters. The Morgan fingerprint density at radius 2 is 1.72 bits per heavy atom. The van der Waals surface area contributed by atoms with Crippen LogP contribution in [-0.4, -0.2) is 69.3 Å². The Balaban J connectivity index is 1.39. The molecule has 2 fully saturated rings. The maximum atomic E-state index is 13.0. The number of nitrogens with zero attached hydrogens (tertiary/aromatic N) is 3. The van der Waals surface area contributed by atoms with Crippen molar-refractivity contribution < 1.29 is 9.53 Å². The van der Waals surface area contributed by atoms with Gasteiger partial charge in [0.1, 0.15) is 5.75 Å². The molecule has 2 aliphatic heterocycles. The number of aryl methyl sites for hydroxylation is 1. The van der Waals surface area contributed by atoms with Gasteiger partial charge in [-0.2, -0.15) is 0 Å². The second kappa shape index (κ2) is 9.82. The largest absolute Gasteiger partial charge is 0.496 e. The van der Waals surface area contributed by atoms with E-state index in [9.17, 15) is 4.79 Å². The topological polar surface area (TPSA) is 48.1 Å². The second-order valence-corrected chi connectivity index (χ2v) is 9.16. The summed E-state index contributed by atoms with van der Waals surface area (Å²) in [4.78, 5) is 19.6. The van der Waals surface area contributed by atoms with Gasteiger partial charge in [-0.1, -0.05) is 12.1 Å². The number of benzene rings is 2. The van der Waals surface area contributed by atoms with Crippen LogP contribution in [0.15, 0.2) is 36.4 Å². The third-order valence-electron chi connectivity index (χ3n) is 7.12. The smallest absolute Gasteiger partial charge is 0.321 e. The number of methoxy groups -OCH3 is 1. The van der Waals surface area contributed by atoms with Crippen LogP contribution < -0.4 is 15.0 Å². The summed E-state index contributed by atoms with van der Waals surface area (Å²) in [6, 6.07) is 12.5. The number of anilines is 2. The molecule has 6 heteroatoms. The lowest BCUT2D eigenvalue weighted by atomic mass is 9.88. The highest BCUT2D eigenvalue weighted by Gasteiger charge is 2.24. The maximum absolute atomic E-state index is 13.0. The Kier molecular flexibility index (Phi) is 6.89. The van der Waals surface area contributed by atoms with E-state index in [0.717, 1.165) is 63.5 Å². The molecule has 0 spiro atoms. The fourth-order valence-electron chi connectivity index (χ4n) is 4.88. The number of carbonyl (C=O) groups is 1. The quantitative estimate of drug-likeness (QED) is 0.768. The highest BCUT2D eigenvalue weighted by Crippen LogP contribution is 2.36. The monoisotopic (exact) mass is 436 g/mol. The molecule has 0 aromatic heterocycles. The van der Waals surface area contributed by atoms with E-state index in [4.69, 9.17) is 4.74 Å². The molecule has 172 valence electrons. The van der Waals surface area contributed by atoms with Gasteiger partial charge in [-0.05, 0) is 93.7 Å². The van der Waals surface area contributed by atoms with Gasteiger partial charge in [0.05, 0.1) is 7.11 Å². The first kappa shape index (κ1) is 22.5. The van der Waals surface area contributed by atoms with E-state index in [1.54, 1.807) is 7.11 Å². The van der Waals surface area contributed by atoms with Crippen molar-refractivity contribution in [3.05, 3.63) is 53.1 Å². The van der Waals surface area contributed by atoms with Gasteiger partial charge in [0.2, 0.25) is 0 Å². The lowest BCUT2D eigenvalue weighted by Crippen LogP contribution is -2.50. The predicted octanol–water partition coefficient (Wildman–Crippen LogP) is 4.48. The van der Waals surface area contributed by atoms with Crippen LogP contribution in [0.25, 0.3) is 0 Å². The van der Waals surface area contributed by atoms with Crippen LogP contribution in [0.3, 0.4) is 0 Å². The number of hydrogen-bond donors (Lipinski definition) is 1. The molecule has 0 radical (unpaired) electrons. The molecule has 0 aliphatic carbocycles. The van der Waals surface area contributed by atoms with Gasteiger partial charge in [0.25, 0.3) is 0 Å². The van der Waals surface area contributed by atoms with Crippen molar-refractivity contribution in [2.24, 2.45) is 0 Å². The molecule has 2 heterocycles. The SMILES string of the molecule is COc1ccc(NC(=O)N2CCN(c3cccc(C)c3C)CC2)cc1C1CCN(C)CC1. The zero-order valence-electron chi connectivity index (χ0n) is 19.9. The van der Waals surface area contributed by atoms with E-state index < -0.39 is 0 Å². The van der Waals surface area contributed by atoms with Crippen molar-refractivity contribution in [1.29, 1.82) is 0 Å². The molecule has 2 saturated heterocycles. The van der Waals surface area contributed by atoms with E-state index in [1.165, 1.54) is 22.4 Å². The van der Waals surface area contributed by atoms with Crippen LogP contribution in [0.2, 0.25) is 0 Å². The summed E-state index contributed by atoms with van der Waals surface area (Å²) in [5.41, 5.74) is 5.97. The summed E-state index contributed by atoms with van der Waals surface area (Å²) in [5.74, 6) is 1.39. The minimum atomic E-state index is -0.0230. The third-order valence-corrected chi connectivity index (χ3v) is 7.12. The molecule has 2 aromatic rings. The standard InChI is InChI=1S/C26H36N4O2/c1-19-6-5-7-24(20(19)2)29-14-16-30(17-15-29)26(31)27-22-8-9-25(32-4)23(18-22)21-10-12-28(3)13-11-21/h5-9,18,21H,10-17H2,1-4H3,(H,27,31). The first-order valence-corrected chi connectivity index (χ1v) is 11.7. The lowest BCUT2D eigenvalue weighted by molar-refractivity contribution is 0.208. The van der Waals surface area contributed by atoms with E-state index in [0.29, 0.717) is 5.92 Å². The number of piperazine rings is 1. The fraction of sp³-hybridized carbons (Fsp3) is 0.500. The van der Waals surface area contributed by atoms with Gasteiger partial charge in [-0.15, -0.1) is 0 Å². The zero-order chi connectivity index (χ0) is 22.7. The van der Waals surface area contributed by atoms with E-state index in [2.05, 4.69) is 60.3 Å². The molecule has 0 unspecified atom stereocenters. The number of amides is 2. The third kappa shape index (κ3) is 4.85. The molecule has 0 saturated carbocycles. The normalized spacial score (nSPS) is 18.0. The van der Waals surface area contributed by atoms with Crippen LogP contribution in [-0.2, 0) is 0 Å². The Hall–Kier alpha value is -2.73. The number of piperidine rings is 1. The van der Waals surface area contributed by atoms with Gasteiger partial charge >= 0.3 is 6.03 Å². The average Bonchev–Trinajstić information content (AvgIpc) is 2.81. The summed E-state index contributed by atoms with van der Waals surface area (Å²) >= 11 is 0. The van der Waals surface area contributed by atoms with E-state index in [-0.39, 0.29) is 6.03 Å². The Labute approximate surface area is 192 Å². The highest BCUT2D eigenvalue weighted by atomic mass is 16.5. The number of rotatable bonds is 4. The minimum absolute atomic E-state index is 0.0230. The van der Waals surface area contributed by atoms with Crippen molar-refractivity contribution in [2.45, 2.75) is 32.6 Å². The molecule has 4 rings (SSSR count). The van der Waals surface area contributed by atoms with Crippen LogP contribution in [0, 0.1) is 13.8 Å². The highest BCUT2D eigenvalue weighted by molar-refractivity contribution is 5.89. The van der Waals surface area contributed by atoms with Crippen molar-refractivity contribution >= 4 is 17.4 Å². The van der Waals surface area contributed by atoms with E-state index in [1.807, 2.05) is 17.0 Å². The summed E-state index contributed by atoms with van der Waals surface area (Å²) in [7, 11) is 3.89. The van der Waals surface area contributed by atoms with Crippen molar-refractivity contribution in [2.75, 3.05) is 63.6 Å². The number of nitrogens with one attached hydrogen (secondary N) is 1. The first-order chi connectivity index (χ1) is 15.5. The maximum Gasteiger partial charge on any atom is 0.321 e. The van der Waals surface area contributed by atoms with Crippen molar-refractivity contribution in [3.8, 4) is 5.75 Å². The Bertz CT molecular complexity index is 945. The van der Waals surface area contributed by atoms with Crippen LogP contribution in [0.4, 0.5) is 16.2 Å². The van der Waals surface area contributed by atoms with Crippen LogP contribution >= 0.6 is 0 Å². The molecular weight excluding hydrogens is 400 g/mol. The van der Waals surface area contributed by atoms with Gasteiger partial charge in [0.15, 0.2) is 0 Å². The number of hydrogen-bond acceptors (Lipinski definition) is 4. The Morgan fingerprint density at radius 1 is 1.00 bits per heavy atom. The van der Waals surface area contributed by atoms with Gasteiger partial charge in [-0.3, -0.25) is 0 Å². The molecule has 0 bridgehead atoms. The van der Waals surface area contributed by atoms with E-state index >= 15 is 0 Å². The van der Waals surface area contributed by atoms with Crippen LogP contribution in [0.1, 0.15) is 35.4 Å². The van der Waals surface area contributed by atoms with Gasteiger partial charge in [-0.25, -0.2) is 4.79 Å². The number of ether oxygens (including phenoxy) is 1. The van der Waals surface area contributed by atoms with Crippen molar-refractivity contribution in [1.82, 2.24) is 9.80 Å². The molecular formula is C26H36N4O2. The summed E-state index contributed by atoms with van der Waals surface area (Å²) in [6.45, 7) is 9.65. The zero-order valence-corrected chi connectivity index (χ0v) is 19.9. The molecule has 1 N–H and O–H groups in total. The van der Waals surface area contributed by atoms with Gasteiger partial charge < -0.3 is 24.8 Å². The minimum Gasteiger partial charge on any atom is -0.496 e. The summed E-state index contributed by atoms with van der Waals surface area (Å²) in [5, 5.41) is 3.13. The fourth-order valence-corrected chi connectivity index (χ4v) is 4.88. The molecule has 2 aromatic carbocycles. The van der Waals surface area contributed by atoms with Crippen LogP contribution in [0.5, 0.6) is 5.75 Å². The second-order valence-electron chi connectivity index (χ2n) is 9.16. The number of carbonyl (C=O) groups excluding carboxylic acids is 1. The molecule has 32 heavy (non-hydrogen) atoms. The van der Waals surface area contributed by atoms with Gasteiger partial charge in [0, 0.05) is 37.6 Å². The lowest BCUT2D eigenvalue weighted by Gasteiger charge is -2.37. The molecule has 6 nitrogen and oxygen atoms in total. The predicted molar refractivity (Wildman–Crippen MR) is 131 cm³/mol. The summed E-state index contributed by atoms with van der Waals surface area (Å²) in [6.07, 6.45) is 2.23. The number of urea groups is 1. The van der Waals surface area contributed by atoms with Crippen molar-refractivity contribution in [3.63, 3.8) is 0 Å².